The summed E-state index contributed by atoms with van der Waals surface area (Å²) in [5, 5.41) is 0. The van der Waals surface area contributed by atoms with Crippen LogP contribution in [0, 0.1) is 24.6 Å². The fourth-order valence-electron chi connectivity index (χ4n) is 8.82. The Morgan fingerprint density at radius 1 is 0.952 bits per heavy atom. The highest BCUT2D eigenvalue weighted by Gasteiger charge is 2.46. The molecule has 42 heavy (non-hydrogen) atoms. The second-order valence-electron chi connectivity index (χ2n) is 13.3. The van der Waals surface area contributed by atoms with Crippen LogP contribution in [-0.4, -0.2) is 62.9 Å². The van der Waals surface area contributed by atoms with Crippen LogP contribution in [0.25, 0.3) is 11.0 Å². The number of hydrogen-bond donors (Lipinski definition) is 1. The van der Waals surface area contributed by atoms with Gasteiger partial charge in [-0.05, 0) is 106 Å². The number of nitrogens with zero attached hydrogens (tertiary/aromatic N) is 4. The van der Waals surface area contributed by atoms with Crippen LogP contribution in [0.4, 0.5) is 4.39 Å². The van der Waals surface area contributed by atoms with Gasteiger partial charge in [0.1, 0.15) is 11.6 Å². The maximum absolute atomic E-state index is 14.5. The van der Waals surface area contributed by atoms with E-state index in [1.54, 1.807) is 6.07 Å². The van der Waals surface area contributed by atoms with E-state index < -0.39 is 0 Å². The van der Waals surface area contributed by atoms with Crippen LogP contribution in [0.2, 0.25) is 0 Å². The molecule has 4 atom stereocenters. The smallest absolute Gasteiger partial charge is 0.226 e. The van der Waals surface area contributed by atoms with E-state index in [1.165, 1.54) is 24.4 Å². The molecule has 3 aromatic rings. The average molecular weight is 572 g/mol. The third-order valence-electron chi connectivity index (χ3n) is 11.3. The SMILES string of the molecule is Cc1nc2ccccc2n1C1CC2CCC(C1)N2CCC1(c2cccc(F)c2)CCN(C(=O)C2CCC2C(N)=O)CC1. The van der Waals surface area contributed by atoms with Crippen molar-refractivity contribution < 1.29 is 14.0 Å². The topological polar surface area (TPSA) is 84.5 Å². The predicted molar refractivity (Wildman–Crippen MR) is 160 cm³/mol. The number of rotatable bonds is 7. The van der Waals surface area contributed by atoms with Gasteiger partial charge in [-0.15, -0.1) is 0 Å². The van der Waals surface area contributed by atoms with Gasteiger partial charge in [0.05, 0.1) is 11.0 Å². The van der Waals surface area contributed by atoms with Crippen LogP contribution in [0.15, 0.2) is 48.5 Å². The third kappa shape index (κ3) is 4.72. The fourth-order valence-corrected chi connectivity index (χ4v) is 8.82. The molecule has 7 rings (SSSR count). The first-order valence-corrected chi connectivity index (χ1v) is 15.9. The van der Waals surface area contributed by atoms with Crippen molar-refractivity contribution in [3.63, 3.8) is 0 Å². The number of halogens is 1. The minimum Gasteiger partial charge on any atom is -0.369 e. The molecule has 222 valence electrons. The minimum absolute atomic E-state index is 0.0697. The second kappa shape index (κ2) is 10.8. The number of amides is 2. The lowest BCUT2D eigenvalue weighted by atomic mass is 9.69. The normalized spacial score (nSPS) is 29.0. The van der Waals surface area contributed by atoms with Crippen LogP contribution in [0.5, 0.6) is 0 Å². The molecule has 1 saturated carbocycles. The number of primary amides is 1. The molecule has 4 fully saturated rings. The highest BCUT2D eigenvalue weighted by Crippen LogP contribution is 2.46. The summed E-state index contributed by atoms with van der Waals surface area (Å²) in [5.74, 6) is 0.0190. The van der Waals surface area contributed by atoms with E-state index >= 15 is 0 Å². The summed E-state index contributed by atoms with van der Waals surface area (Å²) in [7, 11) is 0. The molecule has 3 aliphatic heterocycles. The number of fused-ring (bicyclic) bond motifs is 3. The Hall–Kier alpha value is -3.26. The molecule has 1 aliphatic carbocycles. The number of hydrogen-bond acceptors (Lipinski definition) is 4. The molecule has 2 bridgehead atoms. The molecular formula is C34H42FN5O2. The number of likely N-dealkylation sites (tertiary alicyclic amines) is 1. The highest BCUT2D eigenvalue weighted by atomic mass is 19.1. The number of benzene rings is 2. The van der Waals surface area contributed by atoms with Gasteiger partial charge in [-0.2, -0.15) is 0 Å². The lowest BCUT2D eigenvalue weighted by Crippen LogP contribution is -2.53. The van der Waals surface area contributed by atoms with Crippen molar-refractivity contribution in [2.45, 2.75) is 88.3 Å². The Morgan fingerprint density at radius 2 is 1.67 bits per heavy atom. The first kappa shape index (κ1) is 27.6. The Kier molecular flexibility index (Phi) is 7.08. The summed E-state index contributed by atoms with van der Waals surface area (Å²) < 4.78 is 17.0. The largest absolute Gasteiger partial charge is 0.369 e. The van der Waals surface area contributed by atoms with E-state index in [0.717, 1.165) is 62.0 Å². The molecule has 0 radical (unpaired) electrons. The van der Waals surface area contributed by atoms with Gasteiger partial charge in [0.2, 0.25) is 11.8 Å². The molecule has 0 spiro atoms. The molecule has 4 heterocycles. The van der Waals surface area contributed by atoms with Crippen molar-refractivity contribution in [1.82, 2.24) is 19.4 Å². The maximum atomic E-state index is 14.5. The molecular weight excluding hydrogens is 529 g/mol. The third-order valence-corrected chi connectivity index (χ3v) is 11.3. The summed E-state index contributed by atoms with van der Waals surface area (Å²) >= 11 is 0. The van der Waals surface area contributed by atoms with Crippen molar-refractivity contribution in [3.8, 4) is 0 Å². The first-order chi connectivity index (χ1) is 20.3. The van der Waals surface area contributed by atoms with Gasteiger partial charge in [-0.3, -0.25) is 14.5 Å². The van der Waals surface area contributed by atoms with Crippen LogP contribution in [-0.2, 0) is 15.0 Å². The van der Waals surface area contributed by atoms with Crippen molar-refractivity contribution in [1.29, 1.82) is 0 Å². The number of aromatic nitrogens is 2. The van der Waals surface area contributed by atoms with Crippen molar-refractivity contribution in [2.75, 3.05) is 19.6 Å². The Morgan fingerprint density at radius 3 is 2.33 bits per heavy atom. The fraction of sp³-hybridized carbons (Fsp3) is 0.559. The van der Waals surface area contributed by atoms with E-state index in [9.17, 15) is 14.0 Å². The van der Waals surface area contributed by atoms with Gasteiger partial charge < -0.3 is 15.2 Å². The average Bonchev–Trinajstić information content (AvgIpc) is 3.41. The standard InChI is InChI=1S/C34H42FN5O2/c1-22-37-30-7-2-3-8-31(30)40(22)27-20-25-9-10-26(21-27)39(25)18-15-34(23-5-4-6-24(35)19-23)13-16-38(17-14-34)33(42)29-12-11-28(29)32(36)41/h2-8,19,25-29H,9-18,20-21H2,1H3,(H2,36,41). The Labute approximate surface area is 247 Å². The van der Waals surface area contributed by atoms with Crippen LogP contribution in [0.3, 0.4) is 0 Å². The number of imidazole rings is 1. The zero-order valence-corrected chi connectivity index (χ0v) is 24.6. The molecule has 2 amide bonds. The number of aryl methyl sites for hydroxylation is 1. The summed E-state index contributed by atoms with van der Waals surface area (Å²) in [6.45, 7) is 4.40. The summed E-state index contributed by atoms with van der Waals surface area (Å²) in [5.41, 5.74) is 8.74. The van der Waals surface area contributed by atoms with Gasteiger partial charge in [0, 0.05) is 43.1 Å². The Bertz CT molecular complexity index is 1480. The zero-order chi connectivity index (χ0) is 29.0. The van der Waals surface area contributed by atoms with Crippen molar-refractivity contribution >= 4 is 22.8 Å². The van der Waals surface area contributed by atoms with Crippen molar-refractivity contribution in [3.05, 3.63) is 65.7 Å². The quantitative estimate of drug-likeness (QED) is 0.427. The molecule has 8 heteroatoms. The number of piperidine rings is 2. The molecule has 3 saturated heterocycles. The van der Waals surface area contributed by atoms with E-state index in [4.69, 9.17) is 10.7 Å². The number of para-hydroxylation sites is 2. The predicted octanol–water partition coefficient (Wildman–Crippen LogP) is 5.11. The van der Waals surface area contributed by atoms with Gasteiger partial charge in [0.15, 0.2) is 0 Å². The van der Waals surface area contributed by atoms with Gasteiger partial charge in [-0.1, -0.05) is 24.3 Å². The number of nitrogens with two attached hydrogens (primary N) is 1. The molecule has 1 aromatic heterocycles. The van der Waals surface area contributed by atoms with Gasteiger partial charge in [0.25, 0.3) is 0 Å². The monoisotopic (exact) mass is 571 g/mol. The first-order valence-electron chi connectivity index (χ1n) is 15.9. The van der Waals surface area contributed by atoms with E-state index in [1.807, 2.05) is 11.0 Å². The zero-order valence-electron chi connectivity index (χ0n) is 24.6. The summed E-state index contributed by atoms with van der Waals surface area (Å²) in [6, 6.07) is 17.2. The van der Waals surface area contributed by atoms with Gasteiger partial charge in [-0.25, -0.2) is 9.37 Å². The molecule has 4 unspecified atom stereocenters. The van der Waals surface area contributed by atoms with E-state index in [2.05, 4.69) is 46.7 Å². The highest BCUT2D eigenvalue weighted by molar-refractivity contribution is 5.88. The lowest BCUT2D eigenvalue weighted by molar-refractivity contribution is -0.147. The summed E-state index contributed by atoms with van der Waals surface area (Å²) in [6.07, 6.45) is 8.74. The van der Waals surface area contributed by atoms with Crippen LogP contribution < -0.4 is 5.73 Å². The molecule has 4 aliphatic rings. The molecule has 7 nitrogen and oxygen atoms in total. The van der Waals surface area contributed by atoms with E-state index in [-0.39, 0.29) is 34.9 Å². The van der Waals surface area contributed by atoms with Crippen molar-refractivity contribution in [2.24, 2.45) is 17.6 Å². The van der Waals surface area contributed by atoms with Crippen LogP contribution >= 0.6 is 0 Å². The maximum Gasteiger partial charge on any atom is 0.226 e. The van der Waals surface area contributed by atoms with Crippen LogP contribution in [0.1, 0.15) is 75.2 Å². The second-order valence-corrected chi connectivity index (χ2v) is 13.3. The number of carbonyl (C=O) groups excluding carboxylic acids is 2. The van der Waals surface area contributed by atoms with E-state index in [0.29, 0.717) is 37.6 Å². The molecule has 2 aromatic carbocycles. The van der Waals surface area contributed by atoms with Gasteiger partial charge >= 0.3 is 0 Å². The minimum atomic E-state index is -0.361. The molecule has 2 N–H and O–H groups in total. The summed E-state index contributed by atoms with van der Waals surface area (Å²) in [4.78, 5) is 34.6. The number of carbonyl (C=O) groups is 2. The lowest BCUT2D eigenvalue weighted by Gasteiger charge is -2.47. The Balaban J connectivity index is 1.06.